The molecule has 0 saturated heterocycles. The number of hydrogen-bond donors (Lipinski definition) is 1. The number of amides is 1. The van der Waals surface area contributed by atoms with E-state index in [0.29, 0.717) is 11.0 Å². The second-order valence-corrected chi connectivity index (χ2v) is 4.95. The number of nitro groups is 1. The van der Waals surface area contributed by atoms with Gasteiger partial charge in [-0.3, -0.25) is 4.79 Å². The molecule has 0 unspecified atom stereocenters. The van der Waals surface area contributed by atoms with Crippen molar-refractivity contribution in [1.82, 2.24) is 10.3 Å². The molecular weight excluding hydrogens is 314 g/mol. The Kier molecular flexibility index (Phi) is 6.41. The maximum absolute atomic E-state index is 11.9. The molecule has 0 aliphatic carbocycles. The molecule has 0 aliphatic heterocycles. The lowest BCUT2D eigenvalue weighted by atomic mass is 10.2. The summed E-state index contributed by atoms with van der Waals surface area (Å²) in [7, 11) is 0. The number of rotatable bonds is 7. The van der Waals surface area contributed by atoms with Gasteiger partial charge in [0, 0.05) is 12.6 Å². The molecule has 1 heterocycles. The predicted molar refractivity (Wildman–Crippen MR) is 75.1 cm³/mol. The number of pyridine rings is 1. The molecule has 1 N–H and O–H groups in total. The Morgan fingerprint density at radius 1 is 1.47 bits per heavy atom. The Morgan fingerprint density at radius 2 is 2.21 bits per heavy atom. The largest absolute Gasteiger partial charge is 0.364 e. The van der Waals surface area contributed by atoms with E-state index in [0.717, 1.165) is 25.7 Å². The van der Waals surface area contributed by atoms with Crippen LogP contribution in [0.4, 0.5) is 5.82 Å². The van der Waals surface area contributed by atoms with Crippen LogP contribution in [0.3, 0.4) is 0 Å². The first-order chi connectivity index (χ1) is 9.06. The molecule has 0 fully saturated rings. The van der Waals surface area contributed by atoms with E-state index in [1.54, 1.807) is 0 Å². The van der Waals surface area contributed by atoms with E-state index in [4.69, 9.17) is 0 Å². The maximum atomic E-state index is 11.9. The third-order valence-corrected chi connectivity index (χ3v) is 3.22. The Balaban J connectivity index is 2.61. The molecule has 0 aliphatic rings. The highest BCUT2D eigenvalue weighted by atomic mass is 79.9. The van der Waals surface area contributed by atoms with Crippen molar-refractivity contribution in [1.29, 1.82) is 0 Å². The Bertz CT molecular complexity index is 466. The van der Waals surface area contributed by atoms with E-state index in [9.17, 15) is 14.9 Å². The molecule has 0 saturated carbocycles. The van der Waals surface area contributed by atoms with Gasteiger partial charge < -0.3 is 15.4 Å². The van der Waals surface area contributed by atoms with Crippen molar-refractivity contribution in [2.24, 2.45) is 0 Å². The molecule has 1 amide bonds. The molecular formula is C12H16BrN3O3. The molecule has 1 rings (SSSR count). The van der Waals surface area contributed by atoms with Gasteiger partial charge in [-0.1, -0.05) is 26.2 Å². The lowest BCUT2D eigenvalue weighted by Gasteiger charge is -2.05. The quantitative estimate of drug-likeness (QED) is 0.473. The monoisotopic (exact) mass is 329 g/mol. The zero-order valence-electron chi connectivity index (χ0n) is 10.7. The summed E-state index contributed by atoms with van der Waals surface area (Å²) >= 11 is 3.17. The van der Waals surface area contributed by atoms with E-state index < -0.39 is 4.92 Å². The molecule has 6 nitrogen and oxygen atoms in total. The Hall–Kier alpha value is -1.50. The second-order valence-electron chi connectivity index (χ2n) is 4.10. The van der Waals surface area contributed by atoms with Crippen molar-refractivity contribution in [2.75, 3.05) is 6.54 Å². The van der Waals surface area contributed by atoms with Gasteiger partial charge in [-0.2, -0.15) is 0 Å². The van der Waals surface area contributed by atoms with Crippen LogP contribution in [-0.4, -0.2) is 22.4 Å². The molecule has 0 aromatic carbocycles. The SMILES string of the molecule is CCCCCCNC(=O)c1cc([N+](=O)[O-])ncc1Br. The van der Waals surface area contributed by atoms with E-state index in [-0.39, 0.29) is 17.3 Å². The van der Waals surface area contributed by atoms with Crippen LogP contribution in [0.2, 0.25) is 0 Å². The highest BCUT2D eigenvalue weighted by molar-refractivity contribution is 9.10. The highest BCUT2D eigenvalue weighted by Crippen LogP contribution is 2.19. The number of carbonyl (C=O) groups is 1. The number of nitrogens with zero attached hydrogens (tertiary/aromatic N) is 2. The zero-order chi connectivity index (χ0) is 14.3. The van der Waals surface area contributed by atoms with E-state index in [1.165, 1.54) is 12.3 Å². The molecule has 0 radical (unpaired) electrons. The molecule has 0 atom stereocenters. The van der Waals surface area contributed by atoms with Gasteiger partial charge in [0.25, 0.3) is 5.91 Å². The number of nitrogens with one attached hydrogen (secondary N) is 1. The minimum Gasteiger partial charge on any atom is -0.358 e. The molecule has 104 valence electrons. The number of hydrogen-bond acceptors (Lipinski definition) is 4. The number of halogens is 1. The van der Waals surface area contributed by atoms with Gasteiger partial charge in [0.2, 0.25) is 0 Å². The topological polar surface area (TPSA) is 85.1 Å². The van der Waals surface area contributed by atoms with E-state index in [1.807, 2.05) is 0 Å². The second kappa shape index (κ2) is 7.83. The van der Waals surface area contributed by atoms with Crippen LogP contribution < -0.4 is 5.32 Å². The van der Waals surface area contributed by atoms with Gasteiger partial charge in [0.15, 0.2) is 6.20 Å². The molecule has 0 spiro atoms. The summed E-state index contributed by atoms with van der Waals surface area (Å²) in [4.78, 5) is 25.5. The van der Waals surface area contributed by atoms with Crippen molar-refractivity contribution in [3.63, 3.8) is 0 Å². The summed E-state index contributed by atoms with van der Waals surface area (Å²) in [6.45, 7) is 2.69. The smallest absolute Gasteiger partial charge is 0.358 e. The van der Waals surface area contributed by atoms with Crippen LogP contribution in [0.5, 0.6) is 0 Å². The van der Waals surface area contributed by atoms with Crippen LogP contribution in [0.15, 0.2) is 16.7 Å². The van der Waals surface area contributed by atoms with Gasteiger partial charge in [-0.25, -0.2) is 0 Å². The summed E-state index contributed by atoms with van der Waals surface area (Å²) in [6.07, 6.45) is 5.51. The van der Waals surface area contributed by atoms with Crippen molar-refractivity contribution < 1.29 is 9.72 Å². The lowest BCUT2D eigenvalue weighted by Crippen LogP contribution is -2.25. The van der Waals surface area contributed by atoms with Gasteiger partial charge in [-0.15, -0.1) is 0 Å². The van der Waals surface area contributed by atoms with Gasteiger partial charge in [0.05, 0.1) is 10.0 Å². The van der Waals surface area contributed by atoms with E-state index >= 15 is 0 Å². The van der Waals surface area contributed by atoms with Crippen molar-refractivity contribution in [2.45, 2.75) is 32.6 Å². The average molecular weight is 330 g/mol. The Labute approximate surface area is 119 Å². The minimum absolute atomic E-state index is 0.234. The van der Waals surface area contributed by atoms with Crippen LogP contribution >= 0.6 is 15.9 Å². The van der Waals surface area contributed by atoms with Crippen LogP contribution in [0, 0.1) is 10.1 Å². The molecule has 7 heteroatoms. The normalized spacial score (nSPS) is 10.2. The first-order valence-corrected chi connectivity index (χ1v) is 6.93. The van der Waals surface area contributed by atoms with Crippen LogP contribution in [0.1, 0.15) is 43.0 Å². The molecule has 1 aromatic heterocycles. The fourth-order valence-corrected chi connectivity index (χ4v) is 1.95. The predicted octanol–water partition coefficient (Wildman–Crippen LogP) is 3.06. The minimum atomic E-state index is -0.621. The van der Waals surface area contributed by atoms with E-state index in [2.05, 4.69) is 33.2 Å². The summed E-state index contributed by atoms with van der Waals surface area (Å²) in [5.74, 6) is -0.659. The Morgan fingerprint density at radius 3 is 2.84 bits per heavy atom. The van der Waals surface area contributed by atoms with Crippen molar-refractivity contribution in [3.8, 4) is 0 Å². The number of unbranched alkanes of at least 4 members (excludes halogenated alkanes) is 3. The fraction of sp³-hybridized carbons (Fsp3) is 0.500. The molecule has 19 heavy (non-hydrogen) atoms. The van der Waals surface area contributed by atoms with Crippen LogP contribution in [-0.2, 0) is 0 Å². The number of carbonyl (C=O) groups excluding carboxylic acids is 1. The standard InChI is InChI=1S/C12H16BrN3O3/c1-2-3-4-5-6-14-12(17)9-7-11(16(18)19)15-8-10(9)13/h7-8H,2-6H2,1H3,(H,14,17). The first kappa shape index (κ1) is 15.6. The summed E-state index contributed by atoms with van der Waals surface area (Å²) in [5.41, 5.74) is 0.234. The lowest BCUT2D eigenvalue weighted by molar-refractivity contribution is -0.389. The van der Waals surface area contributed by atoms with Gasteiger partial charge in [0.1, 0.15) is 0 Å². The molecule has 1 aromatic rings. The highest BCUT2D eigenvalue weighted by Gasteiger charge is 2.16. The first-order valence-electron chi connectivity index (χ1n) is 6.14. The number of aromatic nitrogens is 1. The van der Waals surface area contributed by atoms with Gasteiger partial charge in [-0.05, 0) is 32.3 Å². The summed E-state index contributed by atoms with van der Waals surface area (Å²) < 4.78 is 0.448. The average Bonchev–Trinajstić information content (AvgIpc) is 2.38. The van der Waals surface area contributed by atoms with Crippen molar-refractivity contribution in [3.05, 3.63) is 32.4 Å². The third-order valence-electron chi connectivity index (χ3n) is 2.59. The molecule has 0 bridgehead atoms. The summed E-state index contributed by atoms with van der Waals surface area (Å²) in [5, 5.41) is 13.4. The van der Waals surface area contributed by atoms with Gasteiger partial charge >= 0.3 is 5.82 Å². The van der Waals surface area contributed by atoms with Crippen LogP contribution in [0.25, 0.3) is 0 Å². The fourth-order valence-electron chi connectivity index (χ4n) is 1.55. The maximum Gasteiger partial charge on any atom is 0.364 e. The third kappa shape index (κ3) is 4.94. The summed E-state index contributed by atoms with van der Waals surface area (Å²) in [6, 6.07) is 1.17. The zero-order valence-corrected chi connectivity index (χ0v) is 12.3. The van der Waals surface area contributed by atoms with Crippen molar-refractivity contribution >= 4 is 27.7 Å².